The third kappa shape index (κ3) is 5.66. The van der Waals surface area contributed by atoms with Crippen molar-refractivity contribution >= 4 is 61.7 Å². The fourth-order valence-electron chi connectivity index (χ4n) is 3.26. The van der Waals surface area contributed by atoms with E-state index in [0.717, 1.165) is 0 Å². The average molecular weight is 545 g/mol. The third-order valence-corrected chi connectivity index (χ3v) is 8.14. The normalized spacial score (nSPS) is 12.3. The van der Waals surface area contributed by atoms with E-state index in [1.807, 2.05) is 6.92 Å². The van der Waals surface area contributed by atoms with Gasteiger partial charge in [0.05, 0.1) is 21.0 Å². The van der Waals surface area contributed by atoms with Crippen LogP contribution in [0.2, 0.25) is 5.15 Å². The van der Waals surface area contributed by atoms with E-state index in [-0.39, 0.29) is 27.3 Å². The van der Waals surface area contributed by atoms with Crippen LogP contribution in [-0.2, 0) is 21.9 Å². The van der Waals surface area contributed by atoms with Gasteiger partial charge in [0.2, 0.25) is 5.91 Å². The molecule has 0 bridgehead atoms. The highest BCUT2D eigenvalue weighted by Gasteiger charge is 2.22. The van der Waals surface area contributed by atoms with E-state index in [1.165, 1.54) is 52.7 Å². The lowest BCUT2D eigenvalue weighted by Gasteiger charge is -2.16. The smallest absolute Gasteiger partial charge is 0.263 e. The molecule has 0 aliphatic carbocycles. The molecule has 36 heavy (non-hydrogen) atoms. The van der Waals surface area contributed by atoms with Crippen LogP contribution < -0.4 is 15.6 Å². The van der Waals surface area contributed by atoms with Crippen LogP contribution in [0.3, 0.4) is 0 Å². The molecule has 2 aromatic carbocycles. The number of sulfonamides is 1. The number of para-hydroxylation sites is 1. The lowest BCUT2D eigenvalue weighted by atomic mass is 10.2. The molecule has 2 heterocycles. The van der Waals surface area contributed by atoms with E-state index in [2.05, 4.69) is 25.2 Å². The quantitative estimate of drug-likeness (QED) is 0.253. The summed E-state index contributed by atoms with van der Waals surface area (Å²) in [5.74, 6) is -0.272. The van der Waals surface area contributed by atoms with Crippen LogP contribution in [0, 0.1) is 0 Å². The first-order valence-electron chi connectivity index (χ1n) is 10.7. The van der Waals surface area contributed by atoms with Crippen LogP contribution in [0.4, 0.5) is 11.5 Å². The predicted molar refractivity (Wildman–Crippen MR) is 140 cm³/mol. The Hall–Kier alpha value is -3.48. The van der Waals surface area contributed by atoms with Gasteiger partial charge >= 0.3 is 0 Å². The molecule has 0 aliphatic rings. The molecule has 186 valence electrons. The molecule has 0 saturated heterocycles. The Balaban J connectivity index is 1.47. The molecule has 2 N–H and O–H groups in total. The van der Waals surface area contributed by atoms with Crippen LogP contribution in [-0.4, -0.2) is 39.3 Å². The SMILES string of the molecule is CCC(Sc1nc2ccccc2c(=O)n1C)C(=O)Nc1ccc(S(=O)(=O)Nc2ccc(Cl)nn2)cc1. The number of rotatable bonds is 8. The molecule has 10 nitrogen and oxygen atoms in total. The first-order valence-corrected chi connectivity index (χ1v) is 13.5. The lowest BCUT2D eigenvalue weighted by molar-refractivity contribution is -0.115. The summed E-state index contributed by atoms with van der Waals surface area (Å²) in [7, 11) is -2.29. The van der Waals surface area contributed by atoms with E-state index in [4.69, 9.17) is 11.6 Å². The van der Waals surface area contributed by atoms with Crippen molar-refractivity contribution in [1.82, 2.24) is 19.7 Å². The van der Waals surface area contributed by atoms with Crippen LogP contribution in [0.25, 0.3) is 10.9 Å². The Kier molecular flexibility index (Phi) is 7.57. The Morgan fingerprint density at radius 2 is 1.81 bits per heavy atom. The number of carbonyl (C=O) groups is 1. The topological polar surface area (TPSA) is 136 Å². The molecule has 1 atom stereocenters. The molecule has 0 saturated carbocycles. The van der Waals surface area contributed by atoms with Gasteiger partial charge < -0.3 is 5.32 Å². The van der Waals surface area contributed by atoms with Gasteiger partial charge in [0.1, 0.15) is 0 Å². The van der Waals surface area contributed by atoms with Crippen LogP contribution >= 0.6 is 23.4 Å². The molecule has 0 spiro atoms. The number of benzene rings is 2. The molecular weight excluding hydrogens is 524 g/mol. The monoisotopic (exact) mass is 544 g/mol. The van der Waals surface area contributed by atoms with Crippen LogP contribution in [0.15, 0.2) is 75.5 Å². The van der Waals surface area contributed by atoms with Gasteiger partial charge in [0, 0.05) is 12.7 Å². The summed E-state index contributed by atoms with van der Waals surface area (Å²) in [5.41, 5.74) is 0.798. The van der Waals surface area contributed by atoms with Crippen molar-refractivity contribution in [3.8, 4) is 0 Å². The molecule has 0 fully saturated rings. The molecule has 1 unspecified atom stereocenters. The first kappa shape index (κ1) is 25.6. The zero-order valence-electron chi connectivity index (χ0n) is 19.2. The standard InChI is InChI=1S/C23H21ClN6O4S2/c1-3-18(35-23-26-17-7-5-4-6-16(17)22(32)30(23)2)21(31)25-14-8-10-15(11-9-14)36(33,34)29-20-13-12-19(24)27-28-20/h4-13,18H,3H2,1-2H3,(H,25,31)(H,28,29). The number of amides is 1. The first-order chi connectivity index (χ1) is 17.2. The van der Waals surface area contributed by atoms with Crippen LogP contribution in [0.1, 0.15) is 13.3 Å². The molecule has 0 radical (unpaired) electrons. The number of nitrogens with zero attached hydrogens (tertiary/aromatic N) is 4. The molecule has 4 aromatic rings. The molecule has 0 aliphatic heterocycles. The number of nitrogens with one attached hydrogen (secondary N) is 2. The van der Waals surface area contributed by atoms with Crippen molar-refractivity contribution in [3.05, 3.63) is 76.2 Å². The Bertz CT molecular complexity index is 1580. The Labute approximate surface area is 216 Å². The number of hydrogen-bond acceptors (Lipinski definition) is 8. The van der Waals surface area contributed by atoms with Gasteiger partial charge in [-0.2, -0.15) is 0 Å². The van der Waals surface area contributed by atoms with Crippen molar-refractivity contribution in [2.75, 3.05) is 10.0 Å². The zero-order chi connectivity index (χ0) is 25.9. The van der Waals surface area contributed by atoms with Gasteiger partial charge in [0.15, 0.2) is 16.1 Å². The third-order valence-electron chi connectivity index (χ3n) is 5.16. The summed E-state index contributed by atoms with van der Waals surface area (Å²) < 4.78 is 28.9. The van der Waals surface area contributed by atoms with Gasteiger partial charge in [-0.3, -0.25) is 18.9 Å². The van der Waals surface area contributed by atoms with Crippen LogP contribution in [0.5, 0.6) is 0 Å². The van der Waals surface area contributed by atoms with Crippen molar-refractivity contribution < 1.29 is 13.2 Å². The van der Waals surface area contributed by atoms with E-state index in [0.29, 0.717) is 28.2 Å². The fraction of sp³-hybridized carbons (Fsp3) is 0.174. The minimum Gasteiger partial charge on any atom is -0.325 e. The zero-order valence-corrected chi connectivity index (χ0v) is 21.6. The Morgan fingerprint density at radius 1 is 1.08 bits per heavy atom. The van der Waals surface area contributed by atoms with Gasteiger partial charge in [-0.15, -0.1) is 10.2 Å². The van der Waals surface area contributed by atoms with E-state index in [1.54, 1.807) is 31.3 Å². The maximum Gasteiger partial charge on any atom is 0.263 e. The second kappa shape index (κ2) is 10.6. The number of thioether (sulfide) groups is 1. The second-order valence-corrected chi connectivity index (χ2v) is 10.9. The number of carbonyl (C=O) groups excluding carboxylic acids is 1. The fourth-order valence-corrected chi connectivity index (χ4v) is 5.34. The van der Waals surface area contributed by atoms with Crippen molar-refractivity contribution in [1.29, 1.82) is 0 Å². The molecule has 2 aromatic heterocycles. The number of fused-ring (bicyclic) bond motifs is 1. The van der Waals surface area contributed by atoms with Gasteiger partial charge in [-0.05, 0) is 55.0 Å². The average Bonchev–Trinajstić information content (AvgIpc) is 2.87. The van der Waals surface area contributed by atoms with Crippen molar-refractivity contribution in [3.63, 3.8) is 0 Å². The molecule has 4 rings (SSSR count). The summed E-state index contributed by atoms with van der Waals surface area (Å²) in [6.07, 6.45) is 0.484. The lowest BCUT2D eigenvalue weighted by Crippen LogP contribution is -2.27. The van der Waals surface area contributed by atoms with E-state index < -0.39 is 15.3 Å². The maximum absolute atomic E-state index is 13.0. The van der Waals surface area contributed by atoms with E-state index >= 15 is 0 Å². The summed E-state index contributed by atoms with van der Waals surface area (Å²) in [6, 6.07) is 15.6. The number of anilines is 2. The number of hydrogen-bond donors (Lipinski definition) is 2. The minimum atomic E-state index is -3.91. The number of aromatic nitrogens is 4. The predicted octanol–water partition coefficient (Wildman–Crippen LogP) is 3.69. The largest absolute Gasteiger partial charge is 0.325 e. The summed E-state index contributed by atoms with van der Waals surface area (Å²) >= 11 is 6.86. The van der Waals surface area contributed by atoms with Gasteiger partial charge in [-0.25, -0.2) is 13.4 Å². The summed E-state index contributed by atoms with van der Waals surface area (Å²) in [6.45, 7) is 1.86. The van der Waals surface area contributed by atoms with E-state index in [9.17, 15) is 18.0 Å². The Morgan fingerprint density at radius 3 is 2.47 bits per heavy atom. The van der Waals surface area contributed by atoms with Gasteiger partial charge in [-0.1, -0.05) is 42.4 Å². The van der Waals surface area contributed by atoms with Gasteiger partial charge in [0.25, 0.3) is 15.6 Å². The summed E-state index contributed by atoms with van der Waals surface area (Å²) in [4.78, 5) is 30.1. The number of halogens is 1. The minimum absolute atomic E-state index is 0.0194. The molecule has 1 amide bonds. The summed E-state index contributed by atoms with van der Waals surface area (Å²) in [5, 5.41) is 10.6. The second-order valence-electron chi connectivity index (χ2n) is 7.65. The molecular formula is C23H21ClN6O4S2. The molecule has 13 heteroatoms. The maximum atomic E-state index is 13.0. The van der Waals surface area contributed by atoms with Crippen molar-refractivity contribution in [2.45, 2.75) is 28.6 Å². The van der Waals surface area contributed by atoms with Crippen molar-refractivity contribution in [2.24, 2.45) is 7.05 Å². The highest BCUT2D eigenvalue weighted by atomic mass is 35.5. The highest BCUT2D eigenvalue weighted by Crippen LogP contribution is 2.26. The highest BCUT2D eigenvalue weighted by molar-refractivity contribution is 8.00.